The van der Waals surface area contributed by atoms with Crippen molar-refractivity contribution in [2.45, 2.75) is 0 Å². The molecule has 20 heavy (non-hydrogen) atoms. The van der Waals surface area contributed by atoms with Gasteiger partial charge >= 0.3 is 5.69 Å². The van der Waals surface area contributed by atoms with E-state index in [1.165, 1.54) is 24.4 Å². The number of hydrazine groups is 1. The normalized spacial score (nSPS) is 9.60. The minimum atomic E-state index is -0.639. The molecule has 100 valence electrons. The van der Waals surface area contributed by atoms with E-state index in [0.717, 1.165) is 6.07 Å². The molecule has 1 heterocycles. The maximum Gasteiger partial charge on any atom is 0.312 e. The number of nitrogens with zero attached hydrogens (tertiary/aromatic N) is 4. The lowest BCUT2D eigenvalue weighted by molar-refractivity contribution is -0.385. The van der Waals surface area contributed by atoms with Crippen molar-refractivity contribution >= 4 is 11.6 Å². The van der Waals surface area contributed by atoms with Crippen molar-refractivity contribution in [3.8, 4) is 17.7 Å². The van der Waals surface area contributed by atoms with Gasteiger partial charge in [0.05, 0.1) is 16.6 Å². The molecule has 1 aromatic carbocycles. The summed E-state index contributed by atoms with van der Waals surface area (Å²) in [6.45, 7) is 0. The highest BCUT2D eigenvalue weighted by Gasteiger charge is 2.17. The van der Waals surface area contributed by atoms with Gasteiger partial charge in [0.25, 0.3) is 0 Å². The van der Waals surface area contributed by atoms with Gasteiger partial charge in [-0.1, -0.05) is 0 Å². The van der Waals surface area contributed by atoms with Crippen molar-refractivity contribution < 1.29 is 9.66 Å². The monoisotopic (exact) mass is 272 g/mol. The number of nitrogens with one attached hydrogen (secondary N) is 1. The molecule has 0 saturated carbocycles. The highest BCUT2D eigenvalue weighted by Crippen LogP contribution is 2.31. The topological polar surface area (TPSA) is 140 Å². The Morgan fingerprint density at radius 2 is 2.25 bits per heavy atom. The summed E-state index contributed by atoms with van der Waals surface area (Å²) in [5.41, 5.74) is 2.06. The molecular weight excluding hydrogens is 264 g/mol. The summed E-state index contributed by atoms with van der Waals surface area (Å²) in [7, 11) is 0. The number of nitro groups is 1. The molecule has 0 radical (unpaired) electrons. The summed E-state index contributed by atoms with van der Waals surface area (Å²) in [5, 5.41) is 19.7. The van der Waals surface area contributed by atoms with Gasteiger partial charge in [-0.2, -0.15) is 10.2 Å². The standard InChI is InChI=1S/C11H8N6O3/c12-6-7-1-2-9(8(5-7)17(18)19)20-10-3-4-14-11(15-10)16-13/h1-5H,13H2,(H,14,15,16). The lowest BCUT2D eigenvalue weighted by Gasteiger charge is -2.06. The lowest BCUT2D eigenvalue weighted by Crippen LogP contribution is -2.10. The highest BCUT2D eigenvalue weighted by molar-refractivity contribution is 5.52. The molecule has 0 unspecified atom stereocenters. The van der Waals surface area contributed by atoms with Crippen LogP contribution in [0.25, 0.3) is 0 Å². The molecule has 2 rings (SSSR count). The van der Waals surface area contributed by atoms with Crippen LogP contribution in [0.4, 0.5) is 11.6 Å². The van der Waals surface area contributed by atoms with Crippen molar-refractivity contribution in [1.29, 1.82) is 5.26 Å². The minimum Gasteiger partial charge on any atom is -0.432 e. The summed E-state index contributed by atoms with van der Waals surface area (Å²) in [6.07, 6.45) is 1.38. The van der Waals surface area contributed by atoms with Crippen LogP contribution in [-0.4, -0.2) is 14.9 Å². The average Bonchev–Trinajstić information content (AvgIpc) is 2.47. The Morgan fingerprint density at radius 3 is 2.90 bits per heavy atom. The van der Waals surface area contributed by atoms with Gasteiger partial charge < -0.3 is 4.74 Å². The number of nitrogens with two attached hydrogens (primary N) is 1. The molecule has 1 aromatic heterocycles. The number of nitriles is 1. The van der Waals surface area contributed by atoms with Gasteiger partial charge in [0, 0.05) is 18.3 Å². The maximum absolute atomic E-state index is 11.0. The second kappa shape index (κ2) is 5.59. The predicted octanol–water partition coefficient (Wildman–Crippen LogP) is 1.33. The molecule has 0 amide bonds. The van der Waals surface area contributed by atoms with E-state index in [1.54, 1.807) is 0 Å². The quantitative estimate of drug-likeness (QED) is 0.482. The number of nitro benzene ring substituents is 1. The molecule has 0 aliphatic heterocycles. The van der Waals surface area contributed by atoms with Crippen LogP contribution in [0.3, 0.4) is 0 Å². The molecule has 0 spiro atoms. The fourth-order valence-electron chi connectivity index (χ4n) is 1.40. The zero-order chi connectivity index (χ0) is 14.5. The predicted molar refractivity (Wildman–Crippen MR) is 67.7 cm³/mol. The number of nitrogen functional groups attached to an aromatic ring is 1. The molecule has 0 aliphatic rings. The number of ether oxygens (including phenoxy) is 1. The van der Waals surface area contributed by atoms with Gasteiger partial charge in [-0.15, -0.1) is 0 Å². The molecule has 0 fully saturated rings. The van der Waals surface area contributed by atoms with Crippen LogP contribution < -0.4 is 16.0 Å². The molecule has 9 heteroatoms. The Bertz CT molecular complexity index is 697. The van der Waals surface area contributed by atoms with Crippen molar-refractivity contribution in [2.24, 2.45) is 5.84 Å². The highest BCUT2D eigenvalue weighted by atomic mass is 16.6. The van der Waals surface area contributed by atoms with Crippen LogP contribution in [0.15, 0.2) is 30.5 Å². The van der Waals surface area contributed by atoms with Gasteiger partial charge in [-0.05, 0) is 12.1 Å². The molecule has 9 nitrogen and oxygen atoms in total. The van der Waals surface area contributed by atoms with Crippen molar-refractivity contribution in [1.82, 2.24) is 9.97 Å². The van der Waals surface area contributed by atoms with E-state index < -0.39 is 4.92 Å². The maximum atomic E-state index is 11.0. The third kappa shape index (κ3) is 2.77. The Kier molecular flexibility index (Phi) is 3.69. The summed E-state index contributed by atoms with van der Waals surface area (Å²) in [4.78, 5) is 18.0. The first-order valence-corrected chi connectivity index (χ1v) is 5.30. The third-order valence-electron chi connectivity index (χ3n) is 2.26. The van der Waals surface area contributed by atoms with Crippen molar-refractivity contribution in [3.63, 3.8) is 0 Å². The first-order chi connectivity index (χ1) is 9.63. The fourth-order valence-corrected chi connectivity index (χ4v) is 1.40. The van der Waals surface area contributed by atoms with E-state index in [4.69, 9.17) is 15.8 Å². The number of rotatable bonds is 4. The van der Waals surface area contributed by atoms with Gasteiger partial charge in [0.15, 0.2) is 0 Å². The van der Waals surface area contributed by atoms with E-state index in [-0.39, 0.29) is 28.8 Å². The zero-order valence-corrected chi connectivity index (χ0v) is 9.98. The zero-order valence-electron chi connectivity index (χ0n) is 9.98. The molecule has 0 atom stereocenters. The Morgan fingerprint density at radius 1 is 1.45 bits per heavy atom. The fraction of sp³-hybridized carbons (Fsp3) is 0. The SMILES string of the molecule is N#Cc1ccc(Oc2ccnc(NN)n2)c([N+](=O)[O-])c1. The average molecular weight is 272 g/mol. The number of anilines is 1. The minimum absolute atomic E-state index is 0.0318. The second-order valence-corrected chi connectivity index (χ2v) is 3.52. The smallest absolute Gasteiger partial charge is 0.312 e. The van der Waals surface area contributed by atoms with Gasteiger partial charge in [0.1, 0.15) is 0 Å². The van der Waals surface area contributed by atoms with E-state index >= 15 is 0 Å². The van der Waals surface area contributed by atoms with E-state index in [2.05, 4.69) is 15.4 Å². The summed E-state index contributed by atoms with van der Waals surface area (Å²) in [5.74, 6) is 5.32. The van der Waals surface area contributed by atoms with Crippen molar-refractivity contribution in [3.05, 3.63) is 46.1 Å². The second-order valence-electron chi connectivity index (χ2n) is 3.52. The molecular formula is C11H8N6O3. The van der Waals surface area contributed by atoms with Crippen LogP contribution in [-0.2, 0) is 0 Å². The summed E-state index contributed by atoms with van der Waals surface area (Å²) >= 11 is 0. The lowest BCUT2D eigenvalue weighted by atomic mass is 10.2. The molecule has 0 saturated heterocycles. The number of hydrogen-bond donors (Lipinski definition) is 2. The number of hydrogen-bond acceptors (Lipinski definition) is 8. The largest absolute Gasteiger partial charge is 0.432 e. The van der Waals surface area contributed by atoms with E-state index in [9.17, 15) is 10.1 Å². The number of aromatic nitrogens is 2. The van der Waals surface area contributed by atoms with Crippen LogP contribution in [0, 0.1) is 21.4 Å². The van der Waals surface area contributed by atoms with Gasteiger partial charge in [-0.3, -0.25) is 15.5 Å². The van der Waals surface area contributed by atoms with Crippen LogP contribution in [0.2, 0.25) is 0 Å². The Hall–Kier alpha value is -3.25. The van der Waals surface area contributed by atoms with Gasteiger partial charge in [-0.25, -0.2) is 10.8 Å². The van der Waals surface area contributed by atoms with E-state index in [0.29, 0.717) is 0 Å². The first kappa shape index (κ1) is 13.2. The summed E-state index contributed by atoms with van der Waals surface area (Å²) in [6, 6.07) is 7.10. The summed E-state index contributed by atoms with van der Waals surface area (Å²) < 4.78 is 5.32. The molecule has 0 aliphatic carbocycles. The molecule has 2 aromatic rings. The van der Waals surface area contributed by atoms with E-state index in [1.807, 2.05) is 6.07 Å². The van der Waals surface area contributed by atoms with Gasteiger partial charge in [0.2, 0.25) is 17.6 Å². The van der Waals surface area contributed by atoms with Crippen LogP contribution in [0.1, 0.15) is 5.56 Å². The molecule has 0 bridgehead atoms. The first-order valence-electron chi connectivity index (χ1n) is 5.30. The van der Waals surface area contributed by atoms with Crippen molar-refractivity contribution in [2.75, 3.05) is 5.43 Å². The Balaban J connectivity index is 2.37. The Labute approximate surface area is 112 Å². The third-order valence-corrected chi connectivity index (χ3v) is 2.26. The van der Waals surface area contributed by atoms with Crippen LogP contribution >= 0.6 is 0 Å². The molecule has 3 N–H and O–H groups in total. The number of benzene rings is 1. The van der Waals surface area contributed by atoms with Crippen LogP contribution in [0.5, 0.6) is 11.6 Å².